The first-order chi connectivity index (χ1) is 6.63. The predicted octanol–water partition coefficient (Wildman–Crippen LogP) is 1.39. The Morgan fingerprint density at radius 3 is 2.64 bits per heavy atom. The van der Waals surface area contributed by atoms with Gasteiger partial charge in [-0.15, -0.1) is 0 Å². The topological polar surface area (TPSA) is 32.3 Å². The van der Waals surface area contributed by atoms with Gasteiger partial charge in [0.1, 0.15) is 0 Å². The van der Waals surface area contributed by atoms with Gasteiger partial charge in [-0.2, -0.15) is 0 Å². The molecule has 2 atom stereocenters. The van der Waals surface area contributed by atoms with Gasteiger partial charge >= 0.3 is 0 Å². The molecule has 82 valence electrons. The lowest BCUT2D eigenvalue weighted by molar-refractivity contribution is -0.127. The minimum Gasteiger partial charge on any atom is -0.341 e. The van der Waals surface area contributed by atoms with Crippen LogP contribution in [0.5, 0.6) is 0 Å². The van der Waals surface area contributed by atoms with Gasteiger partial charge in [-0.25, -0.2) is 0 Å². The molecule has 0 aromatic carbocycles. The largest absolute Gasteiger partial charge is 0.341 e. The zero-order valence-electron chi connectivity index (χ0n) is 9.55. The monoisotopic (exact) mass is 198 g/mol. The molecule has 1 aliphatic heterocycles. The van der Waals surface area contributed by atoms with E-state index in [1.54, 1.807) is 0 Å². The van der Waals surface area contributed by atoms with Crippen molar-refractivity contribution in [2.45, 2.75) is 52.1 Å². The van der Waals surface area contributed by atoms with Gasteiger partial charge < -0.3 is 10.2 Å². The van der Waals surface area contributed by atoms with E-state index in [9.17, 15) is 4.79 Å². The molecule has 1 amide bonds. The standard InChI is InChI=1S/C11H22N2O/c1-4-9(2)12-10(3)8-13-7-5-6-11(13)14/h9-10,12H,4-8H2,1-3H3. The summed E-state index contributed by atoms with van der Waals surface area (Å²) in [7, 11) is 0. The van der Waals surface area contributed by atoms with Crippen molar-refractivity contribution in [3.05, 3.63) is 0 Å². The molecule has 1 N–H and O–H groups in total. The summed E-state index contributed by atoms with van der Waals surface area (Å²) in [6.45, 7) is 8.32. The van der Waals surface area contributed by atoms with Crippen LogP contribution < -0.4 is 5.32 Å². The highest BCUT2D eigenvalue weighted by Gasteiger charge is 2.21. The number of carbonyl (C=O) groups is 1. The van der Waals surface area contributed by atoms with Crippen LogP contribution in [0.15, 0.2) is 0 Å². The van der Waals surface area contributed by atoms with Crippen LogP contribution in [0.4, 0.5) is 0 Å². The van der Waals surface area contributed by atoms with Crippen molar-refractivity contribution >= 4 is 5.91 Å². The Labute approximate surface area is 86.9 Å². The summed E-state index contributed by atoms with van der Waals surface area (Å²) < 4.78 is 0. The number of likely N-dealkylation sites (tertiary alicyclic amines) is 1. The second-order valence-electron chi connectivity index (χ2n) is 4.32. The molecule has 0 aromatic heterocycles. The Morgan fingerprint density at radius 2 is 2.14 bits per heavy atom. The summed E-state index contributed by atoms with van der Waals surface area (Å²) in [6.07, 6.45) is 2.92. The second kappa shape index (κ2) is 5.35. The van der Waals surface area contributed by atoms with Gasteiger partial charge in [0.15, 0.2) is 0 Å². The van der Waals surface area contributed by atoms with Crippen LogP contribution in [0, 0.1) is 0 Å². The molecule has 3 heteroatoms. The summed E-state index contributed by atoms with van der Waals surface area (Å²) in [5.74, 6) is 0.322. The van der Waals surface area contributed by atoms with Crippen LogP contribution in [-0.4, -0.2) is 36.0 Å². The van der Waals surface area contributed by atoms with E-state index in [4.69, 9.17) is 0 Å². The first kappa shape index (κ1) is 11.5. The first-order valence-corrected chi connectivity index (χ1v) is 5.67. The molecule has 0 aromatic rings. The minimum absolute atomic E-state index is 0.322. The van der Waals surface area contributed by atoms with Crippen LogP contribution >= 0.6 is 0 Å². The first-order valence-electron chi connectivity index (χ1n) is 5.67. The fraction of sp³-hybridized carbons (Fsp3) is 0.909. The maximum Gasteiger partial charge on any atom is 0.222 e. The van der Waals surface area contributed by atoms with Crippen LogP contribution in [0.1, 0.15) is 40.0 Å². The van der Waals surface area contributed by atoms with Gasteiger partial charge in [-0.1, -0.05) is 6.92 Å². The van der Waals surface area contributed by atoms with E-state index < -0.39 is 0 Å². The summed E-state index contributed by atoms with van der Waals surface area (Å²) >= 11 is 0. The summed E-state index contributed by atoms with van der Waals surface area (Å²) in [6, 6.07) is 0.953. The van der Waals surface area contributed by atoms with Crippen molar-refractivity contribution in [3.8, 4) is 0 Å². The maximum atomic E-state index is 11.4. The summed E-state index contributed by atoms with van der Waals surface area (Å²) in [4.78, 5) is 13.3. The number of hydrogen-bond donors (Lipinski definition) is 1. The van der Waals surface area contributed by atoms with Crippen molar-refractivity contribution in [2.24, 2.45) is 0 Å². The van der Waals surface area contributed by atoms with E-state index in [2.05, 4.69) is 26.1 Å². The third-order valence-corrected chi connectivity index (χ3v) is 2.85. The Bertz CT molecular complexity index is 194. The Balaban J connectivity index is 2.25. The molecule has 0 radical (unpaired) electrons. The van der Waals surface area contributed by atoms with Crippen molar-refractivity contribution in [3.63, 3.8) is 0 Å². The SMILES string of the molecule is CCC(C)NC(C)CN1CCCC1=O. The quantitative estimate of drug-likeness (QED) is 0.724. The van der Waals surface area contributed by atoms with Crippen molar-refractivity contribution in [2.75, 3.05) is 13.1 Å². The molecule has 14 heavy (non-hydrogen) atoms. The minimum atomic E-state index is 0.322. The lowest BCUT2D eigenvalue weighted by Gasteiger charge is -2.24. The fourth-order valence-corrected chi connectivity index (χ4v) is 1.88. The van der Waals surface area contributed by atoms with E-state index in [1.165, 1.54) is 0 Å². The lowest BCUT2D eigenvalue weighted by atomic mass is 10.2. The third-order valence-electron chi connectivity index (χ3n) is 2.85. The fourth-order valence-electron chi connectivity index (χ4n) is 1.88. The molecule has 1 rings (SSSR count). The summed E-state index contributed by atoms with van der Waals surface area (Å²) in [5, 5.41) is 3.48. The number of nitrogens with zero attached hydrogens (tertiary/aromatic N) is 1. The molecule has 1 heterocycles. The number of hydrogen-bond acceptors (Lipinski definition) is 2. The second-order valence-corrected chi connectivity index (χ2v) is 4.32. The Morgan fingerprint density at radius 1 is 1.43 bits per heavy atom. The van der Waals surface area contributed by atoms with Gasteiger partial charge in [-0.3, -0.25) is 4.79 Å². The average molecular weight is 198 g/mol. The number of nitrogens with one attached hydrogen (secondary N) is 1. The van der Waals surface area contributed by atoms with Crippen LogP contribution in [0.2, 0.25) is 0 Å². The molecule has 3 nitrogen and oxygen atoms in total. The predicted molar refractivity (Wildman–Crippen MR) is 58.2 cm³/mol. The van der Waals surface area contributed by atoms with Crippen LogP contribution in [-0.2, 0) is 4.79 Å². The van der Waals surface area contributed by atoms with Crippen LogP contribution in [0.25, 0.3) is 0 Å². The van der Waals surface area contributed by atoms with E-state index in [-0.39, 0.29) is 0 Å². The molecular formula is C11H22N2O. The van der Waals surface area contributed by atoms with Crippen molar-refractivity contribution in [1.29, 1.82) is 0 Å². The third kappa shape index (κ3) is 3.29. The van der Waals surface area contributed by atoms with Gasteiger partial charge in [-0.05, 0) is 26.7 Å². The molecule has 1 aliphatic rings. The molecule has 0 bridgehead atoms. The maximum absolute atomic E-state index is 11.4. The van der Waals surface area contributed by atoms with Crippen LogP contribution in [0.3, 0.4) is 0 Å². The van der Waals surface area contributed by atoms with Crippen molar-refractivity contribution < 1.29 is 4.79 Å². The highest BCUT2D eigenvalue weighted by atomic mass is 16.2. The Hall–Kier alpha value is -0.570. The zero-order chi connectivity index (χ0) is 10.6. The molecule has 0 saturated carbocycles. The molecule has 2 unspecified atom stereocenters. The average Bonchev–Trinajstić information content (AvgIpc) is 2.51. The zero-order valence-corrected chi connectivity index (χ0v) is 9.55. The number of amides is 1. The van der Waals surface area contributed by atoms with E-state index in [1.807, 2.05) is 4.90 Å². The lowest BCUT2D eigenvalue weighted by Crippen LogP contribution is -2.43. The van der Waals surface area contributed by atoms with E-state index in [0.717, 1.165) is 32.4 Å². The smallest absolute Gasteiger partial charge is 0.222 e. The van der Waals surface area contributed by atoms with E-state index >= 15 is 0 Å². The molecular weight excluding hydrogens is 176 g/mol. The number of rotatable bonds is 5. The normalized spacial score (nSPS) is 21.4. The molecule has 0 aliphatic carbocycles. The Kier molecular flexibility index (Phi) is 4.39. The molecule has 1 fully saturated rings. The van der Waals surface area contributed by atoms with Crippen molar-refractivity contribution in [1.82, 2.24) is 10.2 Å². The summed E-state index contributed by atoms with van der Waals surface area (Å²) in [5.41, 5.74) is 0. The van der Waals surface area contributed by atoms with Gasteiger partial charge in [0.2, 0.25) is 5.91 Å². The highest BCUT2D eigenvalue weighted by molar-refractivity contribution is 5.78. The number of carbonyl (C=O) groups excluding carboxylic acids is 1. The van der Waals surface area contributed by atoms with Gasteiger partial charge in [0.05, 0.1) is 0 Å². The van der Waals surface area contributed by atoms with E-state index in [0.29, 0.717) is 18.0 Å². The van der Waals surface area contributed by atoms with Gasteiger partial charge in [0, 0.05) is 31.6 Å². The molecule has 0 spiro atoms. The molecule has 1 saturated heterocycles. The highest BCUT2D eigenvalue weighted by Crippen LogP contribution is 2.09. The van der Waals surface area contributed by atoms with Gasteiger partial charge in [0.25, 0.3) is 0 Å².